The summed E-state index contributed by atoms with van der Waals surface area (Å²) in [5, 5.41) is 5.96. The monoisotopic (exact) mass is 861 g/mol. The topological polar surface area (TPSA) is 38.7 Å². The van der Waals surface area contributed by atoms with Crippen LogP contribution in [0.15, 0.2) is 222 Å². The molecular formula is C60H35N3S2. The fourth-order valence-corrected chi connectivity index (χ4v) is 13.3. The largest absolute Gasteiger partial charge is 0.247 e. The number of thiophene rings is 1. The third-order valence-electron chi connectivity index (χ3n) is 13.6. The zero-order valence-corrected chi connectivity index (χ0v) is 36.5. The Labute approximate surface area is 383 Å². The minimum atomic E-state index is -0.502. The van der Waals surface area contributed by atoms with Crippen molar-refractivity contribution in [2.75, 3.05) is 0 Å². The highest BCUT2D eigenvalue weighted by molar-refractivity contribution is 7.99. The Morgan fingerprint density at radius 2 is 1.03 bits per heavy atom. The van der Waals surface area contributed by atoms with E-state index in [0.717, 1.165) is 55.6 Å². The second-order valence-electron chi connectivity index (χ2n) is 17.0. The maximum absolute atomic E-state index is 5.51. The van der Waals surface area contributed by atoms with E-state index in [1.807, 2.05) is 29.2 Å². The lowest BCUT2D eigenvalue weighted by Gasteiger charge is -2.40. The fourth-order valence-electron chi connectivity index (χ4n) is 10.8. The van der Waals surface area contributed by atoms with Gasteiger partial charge in [0.05, 0.1) is 28.0 Å². The smallest absolute Gasteiger partial charge is 0.160 e. The summed E-state index contributed by atoms with van der Waals surface area (Å²) in [6.45, 7) is 0. The summed E-state index contributed by atoms with van der Waals surface area (Å²) in [7, 11) is 0. The zero-order valence-electron chi connectivity index (χ0n) is 34.9. The Kier molecular flexibility index (Phi) is 8.00. The summed E-state index contributed by atoms with van der Waals surface area (Å²) < 4.78 is 2.50. The van der Waals surface area contributed by atoms with Gasteiger partial charge in [-0.25, -0.2) is 15.0 Å². The molecule has 0 saturated carbocycles. The molecule has 0 bridgehead atoms. The van der Waals surface area contributed by atoms with Crippen molar-refractivity contribution < 1.29 is 0 Å². The second-order valence-corrected chi connectivity index (χ2v) is 19.1. The van der Waals surface area contributed by atoms with Gasteiger partial charge in [-0.05, 0) is 63.7 Å². The fraction of sp³-hybridized carbons (Fsp3) is 0.0167. The molecule has 0 radical (unpaired) electrons. The van der Waals surface area contributed by atoms with Crippen molar-refractivity contribution in [1.82, 2.24) is 15.0 Å². The molecule has 0 saturated heterocycles. The van der Waals surface area contributed by atoms with Crippen molar-refractivity contribution in [3.8, 4) is 56.3 Å². The molecule has 3 nitrogen and oxygen atoms in total. The summed E-state index contributed by atoms with van der Waals surface area (Å²) >= 11 is 3.72. The molecule has 0 unspecified atom stereocenters. The number of aromatic nitrogens is 3. The van der Waals surface area contributed by atoms with Gasteiger partial charge in [0.2, 0.25) is 0 Å². The Morgan fingerprint density at radius 1 is 0.385 bits per heavy atom. The summed E-state index contributed by atoms with van der Waals surface area (Å²) in [4.78, 5) is 18.7. The highest BCUT2D eigenvalue weighted by atomic mass is 32.2. The van der Waals surface area contributed by atoms with E-state index < -0.39 is 5.41 Å². The van der Waals surface area contributed by atoms with Crippen LogP contribution in [0.25, 0.3) is 98.1 Å². The van der Waals surface area contributed by atoms with E-state index in [2.05, 4.69) is 206 Å². The average Bonchev–Trinajstić information content (AvgIpc) is 3.90. The van der Waals surface area contributed by atoms with Crippen LogP contribution in [0.1, 0.15) is 22.3 Å². The van der Waals surface area contributed by atoms with Gasteiger partial charge < -0.3 is 0 Å². The first-order chi connectivity index (χ1) is 32.2. The number of benzene rings is 9. The molecule has 65 heavy (non-hydrogen) atoms. The van der Waals surface area contributed by atoms with E-state index in [0.29, 0.717) is 5.82 Å². The maximum atomic E-state index is 5.51. The summed E-state index contributed by atoms with van der Waals surface area (Å²) in [6, 6.07) is 77.1. The van der Waals surface area contributed by atoms with E-state index >= 15 is 0 Å². The van der Waals surface area contributed by atoms with Gasteiger partial charge in [-0.1, -0.05) is 194 Å². The number of nitrogens with zero attached hydrogens (tertiary/aromatic N) is 3. The number of pyridine rings is 1. The van der Waals surface area contributed by atoms with Gasteiger partial charge >= 0.3 is 0 Å². The van der Waals surface area contributed by atoms with Crippen LogP contribution in [0.5, 0.6) is 0 Å². The first-order valence-electron chi connectivity index (χ1n) is 22.0. The van der Waals surface area contributed by atoms with Crippen LogP contribution in [0, 0.1) is 0 Å². The molecule has 14 rings (SSSR count). The first kappa shape index (κ1) is 36.8. The number of fused-ring (bicyclic) bond motifs is 16. The molecule has 0 amide bonds. The van der Waals surface area contributed by atoms with Gasteiger partial charge in [-0.3, -0.25) is 0 Å². The Hall–Kier alpha value is -7.70. The van der Waals surface area contributed by atoms with Crippen LogP contribution < -0.4 is 0 Å². The first-order valence-corrected chi connectivity index (χ1v) is 23.6. The maximum Gasteiger partial charge on any atom is 0.160 e. The third-order valence-corrected chi connectivity index (χ3v) is 16.0. The minimum absolute atomic E-state index is 0.502. The summed E-state index contributed by atoms with van der Waals surface area (Å²) in [6.07, 6.45) is 0. The van der Waals surface area contributed by atoms with Gasteiger partial charge in [0.25, 0.3) is 0 Å². The van der Waals surface area contributed by atoms with E-state index in [4.69, 9.17) is 15.0 Å². The number of hydrogen-bond donors (Lipinski definition) is 0. The van der Waals surface area contributed by atoms with Crippen LogP contribution in [-0.4, -0.2) is 15.0 Å². The van der Waals surface area contributed by atoms with Crippen molar-refractivity contribution in [2.24, 2.45) is 0 Å². The summed E-state index contributed by atoms with van der Waals surface area (Å²) in [5.41, 5.74) is 15.3. The van der Waals surface area contributed by atoms with Crippen molar-refractivity contribution >= 4 is 64.9 Å². The summed E-state index contributed by atoms with van der Waals surface area (Å²) in [5.74, 6) is 0.698. The standard InChI is InChI=1S/C60H35N3S2/c1-3-16-36(17-4-1)56-44-31-32-49-58(65-54-29-14-12-27-48(54)60(49)46-25-10-7-20-39(46)40-21-8-11-26-47(40)60)55(44)45-34-38(30-33-50(45)61-56)51-35-52(63-59(62-51)37-18-5-2-6-19-37)43-24-15-23-42-41-22-9-13-28-53(41)64-57(42)43/h1-35H. The lowest BCUT2D eigenvalue weighted by atomic mass is 9.67. The minimum Gasteiger partial charge on any atom is -0.247 e. The van der Waals surface area contributed by atoms with E-state index in [1.54, 1.807) is 0 Å². The second kappa shape index (κ2) is 14.2. The molecule has 0 atom stereocenters. The van der Waals surface area contributed by atoms with Gasteiger partial charge in [-0.2, -0.15) is 0 Å². The molecular weight excluding hydrogens is 827 g/mol. The Balaban J connectivity index is 1.07. The molecule has 1 aliphatic carbocycles. The van der Waals surface area contributed by atoms with E-state index in [9.17, 15) is 0 Å². The van der Waals surface area contributed by atoms with Crippen LogP contribution in [-0.2, 0) is 5.41 Å². The van der Waals surface area contributed by atoms with Crippen LogP contribution >= 0.6 is 23.1 Å². The molecule has 4 heterocycles. The van der Waals surface area contributed by atoms with Gasteiger partial charge in [0, 0.05) is 68.4 Å². The molecule has 2 aliphatic rings. The number of rotatable bonds is 4. The highest BCUT2D eigenvalue weighted by Crippen LogP contribution is 2.63. The lowest BCUT2D eigenvalue weighted by Crippen LogP contribution is -2.32. The molecule has 302 valence electrons. The molecule has 5 heteroatoms. The molecule has 12 aromatic rings. The quantitative estimate of drug-likeness (QED) is 0.165. The molecule has 3 aromatic heterocycles. The normalized spacial score (nSPS) is 13.3. The van der Waals surface area contributed by atoms with E-state index in [-0.39, 0.29) is 0 Å². The third kappa shape index (κ3) is 5.34. The van der Waals surface area contributed by atoms with Gasteiger partial charge in [0.15, 0.2) is 5.82 Å². The van der Waals surface area contributed by atoms with Crippen LogP contribution in [0.3, 0.4) is 0 Å². The average molecular weight is 862 g/mol. The van der Waals surface area contributed by atoms with Crippen molar-refractivity contribution in [3.05, 3.63) is 235 Å². The van der Waals surface area contributed by atoms with Crippen molar-refractivity contribution in [2.45, 2.75) is 15.2 Å². The molecule has 0 fully saturated rings. The molecule has 1 spiro atoms. The lowest BCUT2D eigenvalue weighted by molar-refractivity contribution is 0.726. The Bertz CT molecular complexity index is 3890. The molecule has 1 aliphatic heterocycles. The number of hydrogen-bond acceptors (Lipinski definition) is 5. The predicted molar refractivity (Wildman–Crippen MR) is 271 cm³/mol. The molecule has 9 aromatic carbocycles. The van der Waals surface area contributed by atoms with Crippen LogP contribution in [0.2, 0.25) is 0 Å². The molecule has 0 N–H and O–H groups in total. The van der Waals surface area contributed by atoms with Gasteiger partial charge in [-0.15, -0.1) is 11.3 Å². The van der Waals surface area contributed by atoms with Gasteiger partial charge in [0.1, 0.15) is 0 Å². The predicted octanol–water partition coefficient (Wildman–Crippen LogP) is 16.0. The van der Waals surface area contributed by atoms with E-state index in [1.165, 1.54) is 68.7 Å². The highest BCUT2D eigenvalue weighted by Gasteiger charge is 2.50. The zero-order chi connectivity index (χ0) is 42.6. The van der Waals surface area contributed by atoms with Crippen molar-refractivity contribution in [1.29, 1.82) is 0 Å². The van der Waals surface area contributed by atoms with Crippen LogP contribution in [0.4, 0.5) is 0 Å². The van der Waals surface area contributed by atoms with Crippen molar-refractivity contribution in [3.63, 3.8) is 0 Å². The SMILES string of the molecule is c1ccc(-c2nc(-c3ccc4nc(-c5ccccc5)c5ccc6c(c5c4c3)Sc3ccccc3C63c4ccccc4-c4ccccc43)cc(-c3cccc4c3sc3ccccc34)n2)cc1. The Morgan fingerprint density at radius 3 is 1.83 bits per heavy atom.